The van der Waals surface area contributed by atoms with Crippen LogP contribution in [0.15, 0.2) is 40.9 Å². The summed E-state index contributed by atoms with van der Waals surface area (Å²) in [5.41, 5.74) is 1.57. The fourth-order valence-corrected chi connectivity index (χ4v) is 3.44. The van der Waals surface area contributed by atoms with Crippen molar-refractivity contribution >= 4 is 23.0 Å². The monoisotopic (exact) mass is 369 g/mol. The first kappa shape index (κ1) is 18.0. The topological polar surface area (TPSA) is 76.3 Å². The number of rotatable bonds is 6. The molecule has 3 rings (SSSR count). The lowest BCUT2D eigenvalue weighted by atomic mass is 10.1. The Morgan fingerprint density at radius 2 is 1.88 bits per heavy atom. The minimum atomic E-state index is -0.0921. The average molecular weight is 369 g/mol. The molecule has 0 bridgehead atoms. The lowest BCUT2D eigenvalue weighted by Crippen LogP contribution is -2.30. The highest BCUT2D eigenvalue weighted by atomic mass is 32.1. The number of aromatic nitrogens is 2. The van der Waals surface area contributed by atoms with Gasteiger partial charge in [0, 0.05) is 17.0 Å². The molecule has 0 fully saturated rings. The number of hydrogen-bond donors (Lipinski definition) is 0. The van der Waals surface area contributed by atoms with E-state index in [1.165, 1.54) is 11.3 Å². The van der Waals surface area contributed by atoms with Crippen LogP contribution in [0.25, 0.3) is 10.4 Å². The van der Waals surface area contributed by atoms with Gasteiger partial charge in [-0.25, -0.2) is 0 Å². The van der Waals surface area contributed by atoms with E-state index in [1.807, 2.05) is 31.2 Å². The second-order valence-electron chi connectivity index (χ2n) is 5.85. The van der Waals surface area contributed by atoms with Crippen LogP contribution < -0.4 is 0 Å². The normalized spacial score (nSPS) is 10.7. The van der Waals surface area contributed by atoms with Crippen LogP contribution in [0.2, 0.25) is 0 Å². The van der Waals surface area contributed by atoms with E-state index in [2.05, 4.69) is 10.1 Å². The number of hydrogen-bond acceptors (Lipinski definition) is 6. The minimum absolute atomic E-state index is 0.0582. The number of carbonyl (C=O) groups is 2. The molecule has 0 radical (unpaired) electrons. The summed E-state index contributed by atoms with van der Waals surface area (Å²) >= 11 is 1.45. The molecular weight excluding hydrogens is 350 g/mol. The Labute approximate surface area is 155 Å². The van der Waals surface area contributed by atoms with Gasteiger partial charge in [-0.05, 0) is 50.6 Å². The van der Waals surface area contributed by atoms with Gasteiger partial charge in [-0.15, -0.1) is 11.3 Å². The molecule has 0 aliphatic heterocycles. The third-order valence-electron chi connectivity index (χ3n) is 3.93. The van der Waals surface area contributed by atoms with Crippen LogP contribution in [0, 0.1) is 6.92 Å². The minimum Gasteiger partial charge on any atom is -0.337 e. The summed E-state index contributed by atoms with van der Waals surface area (Å²) in [6.07, 6.45) is 0. The molecule has 7 heteroatoms. The van der Waals surface area contributed by atoms with E-state index in [4.69, 9.17) is 4.52 Å². The Bertz CT molecular complexity index is 928. The molecular formula is C19H19N3O3S. The van der Waals surface area contributed by atoms with Crippen LogP contribution in [0.3, 0.4) is 0 Å². The molecule has 0 atom stereocenters. The molecule has 0 unspecified atom stereocenters. The van der Waals surface area contributed by atoms with Crippen molar-refractivity contribution in [3.63, 3.8) is 0 Å². The molecule has 134 valence electrons. The zero-order valence-electron chi connectivity index (χ0n) is 14.9. The molecule has 0 spiro atoms. The standard InChI is InChI=1S/C19H19N3O3S/c1-4-22(11-18-20-13(3)21-25-18)19(24)15-7-5-14(6-8-15)17-10-9-16(26-17)12(2)23/h5-10H,4,11H2,1-3H3. The second kappa shape index (κ2) is 7.61. The van der Waals surface area contributed by atoms with Crippen molar-refractivity contribution < 1.29 is 14.1 Å². The van der Waals surface area contributed by atoms with Crippen molar-refractivity contribution in [1.82, 2.24) is 15.0 Å². The van der Waals surface area contributed by atoms with Crippen LogP contribution in [-0.4, -0.2) is 33.3 Å². The number of Topliss-reactive ketones (excluding diaryl/α,β-unsaturated/α-hetero) is 1. The predicted molar refractivity (Wildman–Crippen MR) is 99.2 cm³/mol. The van der Waals surface area contributed by atoms with Gasteiger partial charge in [0.2, 0.25) is 5.89 Å². The van der Waals surface area contributed by atoms with Crippen molar-refractivity contribution in [2.75, 3.05) is 6.54 Å². The van der Waals surface area contributed by atoms with Crippen LogP contribution in [-0.2, 0) is 6.54 Å². The van der Waals surface area contributed by atoms with Crippen LogP contribution >= 0.6 is 11.3 Å². The number of nitrogens with zero attached hydrogens (tertiary/aromatic N) is 3. The van der Waals surface area contributed by atoms with Crippen LogP contribution in [0.1, 0.15) is 45.6 Å². The summed E-state index contributed by atoms with van der Waals surface area (Å²) in [7, 11) is 0. The van der Waals surface area contributed by atoms with Gasteiger partial charge < -0.3 is 9.42 Å². The zero-order valence-corrected chi connectivity index (χ0v) is 15.7. The first-order valence-corrected chi connectivity index (χ1v) is 9.09. The van der Waals surface area contributed by atoms with Gasteiger partial charge in [-0.1, -0.05) is 17.3 Å². The number of ketones is 1. The van der Waals surface area contributed by atoms with Crippen LogP contribution in [0.5, 0.6) is 0 Å². The fraction of sp³-hybridized carbons (Fsp3) is 0.263. The maximum absolute atomic E-state index is 12.7. The third kappa shape index (κ3) is 3.88. The number of aryl methyl sites for hydroxylation is 1. The molecule has 1 amide bonds. The largest absolute Gasteiger partial charge is 0.337 e. The number of benzene rings is 1. The van der Waals surface area contributed by atoms with Crippen LogP contribution in [0.4, 0.5) is 0 Å². The molecule has 26 heavy (non-hydrogen) atoms. The maximum Gasteiger partial charge on any atom is 0.254 e. The summed E-state index contributed by atoms with van der Waals surface area (Å²) in [6, 6.07) is 11.1. The molecule has 0 aliphatic rings. The van der Waals surface area contributed by atoms with Gasteiger partial charge in [-0.3, -0.25) is 9.59 Å². The first-order valence-electron chi connectivity index (χ1n) is 8.27. The van der Waals surface area contributed by atoms with Gasteiger partial charge in [0.15, 0.2) is 11.6 Å². The number of amides is 1. The van der Waals surface area contributed by atoms with Gasteiger partial charge >= 0.3 is 0 Å². The average Bonchev–Trinajstić information content (AvgIpc) is 3.28. The second-order valence-corrected chi connectivity index (χ2v) is 6.94. The van der Waals surface area contributed by atoms with E-state index in [1.54, 1.807) is 30.9 Å². The van der Waals surface area contributed by atoms with Crippen molar-refractivity contribution in [3.8, 4) is 10.4 Å². The van der Waals surface area contributed by atoms with E-state index >= 15 is 0 Å². The van der Waals surface area contributed by atoms with E-state index in [9.17, 15) is 9.59 Å². The quantitative estimate of drug-likeness (QED) is 0.615. The van der Waals surface area contributed by atoms with E-state index in [0.717, 1.165) is 15.3 Å². The third-order valence-corrected chi connectivity index (χ3v) is 5.17. The molecule has 0 aliphatic carbocycles. The Morgan fingerprint density at radius 1 is 1.15 bits per heavy atom. The fourth-order valence-electron chi connectivity index (χ4n) is 2.54. The lowest BCUT2D eigenvalue weighted by molar-refractivity contribution is 0.0734. The predicted octanol–water partition coefficient (Wildman–Crippen LogP) is 3.97. The Kier molecular flexibility index (Phi) is 5.27. The van der Waals surface area contributed by atoms with Gasteiger partial charge in [0.05, 0.1) is 4.88 Å². The summed E-state index contributed by atoms with van der Waals surface area (Å²) in [5.74, 6) is 0.937. The Hall–Kier alpha value is -2.80. The van der Waals surface area contributed by atoms with Gasteiger partial charge in [-0.2, -0.15) is 4.98 Å². The van der Waals surface area contributed by atoms with Gasteiger partial charge in [0.25, 0.3) is 5.91 Å². The molecule has 0 saturated heterocycles. The van der Waals surface area contributed by atoms with Crippen molar-refractivity contribution in [2.24, 2.45) is 0 Å². The highest BCUT2D eigenvalue weighted by Crippen LogP contribution is 2.28. The highest BCUT2D eigenvalue weighted by molar-refractivity contribution is 7.17. The first-order chi connectivity index (χ1) is 12.5. The zero-order chi connectivity index (χ0) is 18.7. The number of carbonyl (C=O) groups excluding carboxylic acids is 2. The van der Waals surface area contributed by atoms with Crippen molar-refractivity contribution in [1.29, 1.82) is 0 Å². The SMILES string of the molecule is CCN(Cc1nc(C)no1)C(=O)c1ccc(-c2ccc(C(C)=O)s2)cc1. The molecule has 6 nitrogen and oxygen atoms in total. The molecule has 3 aromatic rings. The van der Waals surface area contributed by atoms with E-state index in [0.29, 0.717) is 23.8 Å². The van der Waals surface area contributed by atoms with E-state index < -0.39 is 0 Å². The molecule has 0 saturated carbocycles. The van der Waals surface area contributed by atoms with Gasteiger partial charge in [0.1, 0.15) is 6.54 Å². The van der Waals surface area contributed by atoms with Crippen molar-refractivity contribution in [2.45, 2.75) is 27.3 Å². The van der Waals surface area contributed by atoms with E-state index in [-0.39, 0.29) is 18.2 Å². The molecule has 2 heterocycles. The maximum atomic E-state index is 12.7. The summed E-state index contributed by atoms with van der Waals surface area (Å²) in [6.45, 7) is 6.03. The summed E-state index contributed by atoms with van der Waals surface area (Å²) < 4.78 is 5.10. The Balaban J connectivity index is 1.75. The highest BCUT2D eigenvalue weighted by Gasteiger charge is 2.17. The summed E-state index contributed by atoms with van der Waals surface area (Å²) in [4.78, 5) is 31.7. The number of thiophene rings is 1. The smallest absolute Gasteiger partial charge is 0.254 e. The molecule has 1 aromatic carbocycles. The molecule has 2 aromatic heterocycles. The molecule has 0 N–H and O–H groups in total. The Morgan fingerprint density at radius 3 is 2.42 bits per heavy atom. The lowest BCUT2D eigenvalue weighted by Gasteiger charge is -2.18. The van der Waals surface area contributed by atoms with Crippen molar-refractivity contribution in [3.05, 3.63) is 58.6 Å². The summed E-state index contributed by atoms with van der Waals surface area (Å²) in [5, 5.41) is 3.75.